The molecule has 5 heteroatoms. The van der Waals surface area contributed by atoms with Crippen LogP contribution in [0.25, 0.3) is 0 Å². The second-order valence-electron chi connectivity index (χ2n) is 3.15. The predicted molar refractivity (Wildman–Crippen MR) is 63.2 cm³/mol. The molecule has 17 heavy (non-hydrogen) atoms. The van der Waals surface area contributed by atoms with Gasteiger partial charge in [0.05, 0.1) is 5.56 Å². The van der Waals surface area contributed by atoms with Crippen LogP contribution in [0.15, 0.2) is 45.5 Å². The first-order valence-electron chi connectivity index (χ1n) is 4.72. The highest BCUT2D eigenvalue weighted by Crippen LogP contribution is 2.19. The van der Waals surface area contributed by atoms with Crippen molar-refractivity contribution in [2.24, 2.45) is 0 Å². The lowest BCUT2D eigenvalue weighted by molar-refractivity contribution is 0.0699. The van der Waals surface area contributed by atoms with E-state index in [0.717, 1.165) is 0 Å². The lowest BCUT2D eigenvalue weighted by Crippen LogP contribution is -2.08. The van der Waals surface area contributed by atoms with Gasteiger partial charge in [0.2, 0.25) is 5.76 Å². The van der Waals surface area contributed by atoms with Crippen LogP contribution in [-0.2, 0) is 0 Å². The molecule has 86 valence electrons. The number of aldehydes is 1. The minimum atomic E-state index is -0.648. The molecule has 2 aromatic rings. The topological polar surface area (TPSA) is 56.5 Å². The summed E-state index contributed by atoms with van der Waals surface area (Å²) in [6.45, 7) is 0. The Kier molecular flexibility index (Phi) is 3.39. The zero-order valence-corrected chi connectivity index (χ0v) is 10.1. The molecular weight excluding hydrogens is 288 g/mol. The van der Waals surface area contributed by atoms with Gasteiger partial charge in [0.15, 0.2) is 11.0 Å². The average molecular weight is 295 g/mol. The Labute approximate surface area is 105 Å². The van der Waals surface area contributed by atoms with E-state index in [1.807, 2.05) is 0 Å². The first-order valence-corrected chi connectivity index (χ1v) is 5.52. The summed E-state index contributed by atoms with van der Waals surface area (Å²) >= 11 is 3.08. The van der Waals surface area contributed by atoms with Gasteiger partial charge >= 0.3 is 5.97 Å². The fourth-order valence-corrected chi connectivity index (χ4v) is 1.55. The summed E-state index contributed by atoms with van der Waals surface area (Å²) in [5.41, 5.74) is 0.312. The molecule has 1 heterocycles. The average Bonchev–Trinajstić information content (AvgIpc) is 2.77. The quantitative estimate of drug-likeness (QED) is 0.496. The molecule has 1 aromatic carbocycles. The Morgan fingerprint density at radius 1 is 1.24 bits per heavy atom. The number of para-hydroxylation sites is 1. The van der Waals surface area contributed by atoms with Crippen molar-refractivity contribution in [3.05, 3.63) is 52.4 Å². The zero-order valence-electron chi connectivity index (χ0n) is 8.55. The fraction of sp³-hybridized carbons (Fsp3) is 0. The van der Waals surface area contributed by atoms with E-state index in [2.05, 4.69) is 15.9 Å². The Bertz CT molecular complexity index is 559. The van der Waals surface area contributed by atoms with Crippen LogP contribution in [0.4, 0.5) is 0 Å². The Balaban J connectivity index is 2.21. The molecule has 0 aliphatic carbocycles. The first kappa shape index (κ1) is 11.6. The van der Waals surface area contributed by atoms with E-state index in [0.29, 0.717) is 16.5 Å². The van der Waals surface area contributed by atoms with Gasteiger partial charge in [0, 0.05) is 0 Å². The minimum absolute atomic E-state index is 0.0672. The summed E-state index contributed by atoms with van der Waals surface area (Å²) in [4.78, 5) is 22.4. The Morgan fingerprint density at radius 2 is 2.00 bits per heavy atom. The Hall–Kier alpha value is -1.88. The molecule has 0 bridgehead atoms. The minimum Gasteiger partial charge on any atom is -0.442 e. The number of ether oxygens (including phenoxy) is 1. The summed E-state index contributed by atoms with van der Waals surface area (Å²) in [5, 5.41) is 0. The van der Waals surface area contributed by atoms with E-state index < -0.39 is 5.97 Å². The van der Waals surface area contributed by atoms with E-state index in [1.165, 1.54) is 6.07 Å². The molecule has 0 amide bonds. The molecule has 0 spiro atoms. The lowest BCUT2D eigenvalue weighted by Gasteiger charge is -2.03. The highest BCUT2D eigenvalue weighted by Gasteiger charge is 2.14. The number of benzene rings is 1. The largest absolute Gasteiger partial charge is 0.442 e. The smallest absolute Gasteiger partial charge is 0.379 e. The fourth-order valence-electron chi connectivity index (χ4n) is 1.25. The van der Waals surface area contributed by atoms with Crippen molar-refractivity contribution in [3.8, 4) is 5.75 Å². The lowest BCUT2D eigenvalue weighted by atomic mass is 10.2. The number of carbonyl (C=O) groups excluding carboxylic acids is 2. The number of hydrogen-bond acceptors (Lipinski definition) is 4. The van der Waals surface area contributed by atoms with Crippen molar-refractivity contribution in [1.29, 1.82) is 0 Å². The maximum absolute atomic E-state index is 11.6. The summed E-state index contributed by atoms with van der Waals surface area (Å²) in [6.07, 6.45) is 0.626. The highest BCUT2D eigenvalue weighted by molar-refractivity contribution is 9.10. The van der Waals surface area contributed by atoms with Crippen molar-refractivity contribution in [1.82, 2.24) is 0 Å². The van der Waals surface area contributed by atoms with E-state index in [-0.39, 0.29) is 11.5 Å². The van der Waals surface area contributed by atoms with Crippen molar-refractivity contribution in [2.45, 2.75) is 0 Å². The van der Waals surface area contributed by atoms with Gasteiger partial charge < -0.3 is 9.15 Å². The first-order chi connectivity index (χ1) is 8.20. The SMILES string of the molecule is O=Cc1ccccc1OC(=O)c1ccc(Br)o1. The van der Waals surface area contributed by atoms with Gasteiger partial charge in [-0.05, 0) is 40.2 Å². The third-order valence-electron chi connectivity index (χ3n) is 2.02. The van der Waals surface area contributed by atoms with Crippen LogP contribution in [0.3, 0.4) is 0 Å². The van der Waals surface area contributed by atoms with Gasteiger partial charge in [-0.15, -0.1) is 0 Å². The van der Waals surface area contributed by atoms with Gasteiger partial charge in [-0.25, -0.2) is 4.79 Å². The molecule has 0 N–H and O–H groups in total. The third kappa shape index (κ3) is 2.62. The maximum Gasteiger partial charge on any atom is 0.379 e. The monoisotopic (exact) mass is 294 g/mol. The van der Waals surface area contributed by atoms with Crippen LogP contribution < -0.4 is 4.74 Å². The van der Waals surface area contributed by atoms with Crippen molar-refractivity contribution in [2.75, 3.05) is 0 Å². The number of halogens is 1. The summed E-state index contributed by atoms with van der Waals surface area (Å²) in [7, 11) is 0. The summed E-state index contributed by atoms with van der Waals surface area (Å²) in [6, 6.07) is 9.53. The summed E-state index contributed by atoms with van der Waals surface area (Å²) in [5.74, 6) is -0.373. The number of furan rings is 1. The van der Waals surface area contributed by atoms with E-state index >= 15 is 0 Å². The van der Waals surface area contributed by atoms with Crippen LogP contribution in [0, 0.1) is 0 Å². The third-order valence-corrected chi connectivity index (χ3v) is 2.45. The van der Waals surface area contributed by atoms with Gasteiger partial charge in [-0.2, -0.15) is 0 Å². The molecule has 0 aliphatic heterocycles. The second-order valence-corrected chi connectivity index (χ2v) is 3.93. The van der Waals surface area contributed by atoms with Crippen LogP contribution in [0.5, 0.6) is 5.75 Å². The Morgan fingerprint density at radius 3 is 2.65 bits per heavy atom. The molecule has 0 fully saturated rings. The molecule has 0 radical (unpaired) electrons. The molecule has 1 aromatic heterocycles. The summed E-state index contributed by atoms with van der Waals surface area (Å²) < 4.78 is 10.5. The normalized spacial score (nSPS) is 9.94. The second kappa shape index (κ2) is 4.97. The standard InChI is InChI=1S/C12H7BrO4/c13-11-6-5-10(16-11)12(15)17-9-4-2-1-3-8(9)7-14/h1-7H. The predicted octanol–water partition coefficient (Wildman–Crippen LogP) is 3.07. The molecule has 0 unspecified atom stereocenters. The van der Waals surface area contributed by atoms with Crippen LogP contribution >= 0.6 is 15.9 Å². The molecule has 0 aliphatic rings. The van der Waals surface area contributed by atoms with Gasteiger partial charge in [0.25, 0.3) is 0 Å². The highest BCUT2D eigenvalue weighted by atomic mass is 79.9. The van der Waals surface area contributed by atoms with Crippen molar-refractivity contribution < 1.29 is 18.7 Å². The zero-order chi connectivity index (χ0) is 12.3. The number of rotatable bonds is 3. The van der Waals surface area contributed by atoms with E-state index in [9.17, 15) is 9.59 Å². The number of hydrogen-bond donors (Lipinski definition) is 0. The molecule has 0 saturated heterocycles. The van der Waals surface area contributed by atoms with Crippen molar-refractivity contribution >= 4 is 28.2 Å². The number of esters is 1. The van der Waals surface area contributed by atoms with Gasteiger partial charge in [0.1, 0.15) is 5.75 Å². The maximum atomic E-state index is 11.6. The van der Waals surface area contributed by atoms with Gasteiger partial charge in [-0.1, -0.05) is 12.1 Å². The van der Waals surface area contributed by atoms with Crippen LogP contribution in [0.2, 0.25) is 0 Å². The number of carbonyl (C=O) groups is 2. The molecule has 2 rings (SSSR count). The van der Waals surface area contributed by atoms with E-state index in [4.69, 9.17) is 9.15 Å². The van der Waals surface area contributed by atoms with Crippen molar-refractivity contribution in [3.63, 3.8) is 0 Å². The molecule has 0 atom stereocenters. The van der Waals surface area contributed by atoms with Crippen LogP contribution in [0.1, 0.15) is 20.9 Å². The van der Waals surface area contributed by atoms with E-state index in [1.54, 1.807) is 30.3 Å². The van der Waals surface area contributed by atoms with Crippen LogP contribution in [-0.4, -0.2) is 12.3 Å². The molecular formula is C12H7BrO4. The van der Waals surface area contributed by atoms with Gasteiger partial charge in [-0.3, -0.25) is 4.79 Å². The molecule has 4 nitrogen and oxygen atoms in total. The molecule has 0 saturated carbocycles.